The normalized spacial score (nSPS) is 23.4. The van der Waals surface area contributed by atoms with Gasteiger partial charge >= 0.3 is 5.97 Å². The van der Waals surface area contributed by atoms with Crippen LogP contribution in [-0.4, -0.2) is 45.7 Å². The van der Waals surface area contributed by atoms with Gasteiger partial charge in [0.2, 0.25) is 0 Å². The van der Waals surface area contributed by atoms with Crippen molar-refractivity contribution in [3.05, 3.63) is 19.2 Å². The van der Waals surface area contributed by atoms with Crippen LogP contribution < -0.4 is 0 Å². The Morgan fingerprint density at radius 3 is 2.61 bits per heavy atom. The lowest BCUT2D eigenvalue weighted by Crippen LogP contribution is -2.40. The van der Waals surface area contributed by atoms with Crippen molar-refractivity contribution in [1.29, 1.82) is 0 Å². The molecule has 18 heavy (non-hydrogen) atoms. The third kappa shape index (κ3) is 2.61. The summed E-state index contributed by atoms with van der Waals surface area (Å²) in [6, 6.07) is 0.688. The topological polar surface area (TPSA) is 77.8 Å². The summed E-state index contributed by atoms with van der Waals surface area (Å²) in [6.07, 6.45) is -0.698. The SMILES string of the molecule is O=C(O)[C@@H]1C[C@H](O)CN1C(=O)c1cc(Br)c(Br)s1. The number of rotatable bonds is 2. The van der Waals surface area contributed by atoms with E-state index in [2.05, 4.69) is 31.9 Å². The summed E-state index contributed by atoms with van der Waals surface area (Å²) in [5.74, 6) is -1.45. The number of likely N-dealkylation sites (tertiary alicyclic amines) is 1. The number of aliphatic hydroxyl groups excluding tert-OH is 1. The van der Waals surface area contributed by atoms with E-state index in [1.54, 1.807) is 6.07 Å². The Morgan fingerprint density at radius 2 is 2.11 bits per heavy atom. The molecule has 0 aliphatic carbocycles. The molecule has 1 aliphatic heterocycles. The standard InChI is InChI=1S/C10H9Br2NO4S/c11-5-2-7(18-8(5)12)9(15)13-3-4(14)1-6(13)10(16)17/h2,4,6,14H,1,3H2,(H,16,17)/t4-,6-/m0/s1. The van der Waals surface area contributed by atoms with E-state index in [0.29, 0.717) is 4.88 Å². The maximum atomic E-state index is 12.2. The molecule has 2 heterocycles. The predicted octanol–water partition coefficient (Wildman–Crippen LogP) is 1.93. The molecule has 2 rings (SSSR count). The van der Waals surface area contributed by atoms with E-state index in [1.807, 2.05) is 0 Å². The lowest BCUT2D eigenvalue weighted by Gasteiger charge is -2.20. The molecule has 1 aliphatic rings. The van der Waals surface area contributed by atoms with Gasteiger partial charge in [0.05, 0.1) is 14.8 Å². The number of hydrogen-bond donors (Lipinski definition) is 2. The third-order valence-electron chi connectivity index (χ3n) is 2.68. The Morgan fingerprint density at radius 1 is 1.44 bits per heavy atom. The zero-order valence-electron chi connectivity index (χ0n) is 8.97. The second kappa shape index (κ2) is 5.28. The quantitative estimate of drug-likeness (QED) is 0.797. The minimum absolute atomic E-state index is 0.0585. The number of carbonyl (C=O) groups excluding carboxylic acids is 1. The highest BCUT2D eigenvalue weighted by Crippen LogP contribution is 2.34. The van der Waals surface area contributed by atoms with E-state index in [9.17, 15) is 14.7 Å². The van der Waals surface area contributed by atoms with Crippen LogP contribution in [0, 0.1) is 0 Å². The van der Waals surface area contributed by atoms with Crippen LogP contribution in [0.5, 0.6) is 0 Å². The van der Waals surface area contributed by atoms with Crippen molar-refractivity contribution in [2.24, 2.45) is 0 Å². The van der Waals surface area contributed by atoms with Gasteiger partial charge in [-0.15, -0.1) is 11.3 Å². The molecule has 0 radical (unpaired) electrons. The monoisotopic (exact) mass is 397 g/mol. The molecule has 0 saturated carbocycles. The maximum absolute atomic E-state index is 12.2. The first kappa shape index (κ1) is 14.0. The fraction of sp³-hybridized carbons (Fsp3) is 0.400. The molecule has 2 atom stereocenters. The molecule has 0 bridgehead atoms. The Bertz CT molecular complexity index is 485. The summed E-state index contributed by atoms with van der Waals surface area (Å²) < 4.78 is 1.53. The maximum Gasteiger partial charge on any atom is 0.326 e. The minimum Gasteiger partial charge on any atom is -0.480 e. The largest absolute Gasteiger partial charge is 0.480 e. The number of β-amino-alcohol motifs (C(OH)–C–C–N with tert-alkyl or cyclic N) is 1. The Labute approximate surface area is 124 Å². The molecule has 0 spiro atoms. The van der Waals surface area contributed by atoms with Gasteiger partial charge in [-0.05, 0) is 37.9 Å². The zero-order chi connectivity index (χ0) is 13.4. The highest BCUT2D eigenvalue weighted by molar-refractivity contribution is 9.13. The summed E-state index contributed by atoms with van der Waals surface area (Å²) in [5.41, 5.74) is 0. The van der Waals surface area contributed by atoms with Crippen LogP contribution in [-0.2, 0) is 4.79 Å². The first-order chi connectivity index (χ1) is 8.40. The number of nitrogens with zero attached hydrogens (tertiary/aromatic N) is 1. The number of aliphatic carboxylic acids is 1. The van der Waals surface area contributed by atoms with Crippen LogP contribution in [0.3, 0.4) is 0 Å². The number of thiophene rings is 1. The number of carboxylic acids is 1. The van der Waals surface area contributed by atoms with Crippen molar-refractivity contribution in [2.75, 3.05) is 6.54 Å². The molecule has 1 aromatic rings. The van der Waals surface area contributed by atoms with Crippen molar-refractivity contribution in [3.63, 3.8) is 0 Å². The summed E-state index contributed by atoms with van der Waals surface area (Å²) in [7, 11) is 0. The van der Waals surface area contributed by atoms with Crippen LogP contribution in [0.25, 0.3) is 0 Å². The van der Waals surface area contributed by atoms with Crippen LogP contribution in [0.4, 0.5) is 0 Å². The molecule has 8 heteroatoms. The van der Waals surface area contributed by atoms with Crippen molar-refractivity contribution in [2.45, 2.75) is 18.6 Å². The Hall–Kier alpha value is -0.440. The molecule has 1 aromatic heterocycles. The molecule has 1 fully saturated rings. The fourth-order valence-electron chi connectivity index (χ4n) is 1.87. The van der Waals surface area contributed by atoms with Crippen molar-refractivity contribution >= 4 is 55.1 Å². The summed E-state index contributed by atoms with van der Waals surface area (Å²) >= 11 is 7.79. The Kier molecular flexibility index (Phi) is 4.10. The summed E-state index contributed by atoms with van der Waals surface area (Å²) in [5, 5.41) is 18.5. The van der Waals surface area contributed by atoms with Gasteiger partial charge in [-0.1, -0.05) is 0 Å². The van der Waals surface area contributed by atoms with E-state index in [-0.39, 0.29) is 18.9 Å². The molecule has 0 unspecified atom stereocenters. The lowest BCUT2D eigenvalue weighted by molar-refractivity contribution is -0.141. The fourth-order valence-corrected chi connectivity index (χ4v) is 3.86. The molecule has 0 aromatic carbocycles. The number of hydrogen-bond acceptors (Lipinski definition) is 4. The van der Waals surface area contributed by atoms with Crippen molar-refractivity contribution in [3.8, 4) is 0 Å². The van der Waals surface area contributed by atoms with Gasteiger partial charge in [0.25, 0.3) is 5.91 Å². The molecule has 5 nitrogen and oxygen atoms in total. The number of carbonyl (C=O) groups is 2. The Balaban J connectivity index is 2.25. The van der Waals surface area contributed by atoms with Gasteiger partial charge in [0, 0.05) is 17.4 Å². The van der Waals surface area contributed by atoms with Crippen LogP contribution in [0.1, 0.15) is 16.1 Å². The highest BCUT2D eigenvalue weighted by Gasteiger charge is 2.39. The van der Waals surface area contributed by atoms with Crippen LogP contribution in [0.2, 0.25) is 0 Å². The van der Waals surface area contributed by atoms with E-state index < -0.39 is 18.1 Å². The van der Waals surface area contributed by atoms with Gasteiger partial charge in [-0.2, -0.15) is 0 Å². The summed E-state index contributed by atoms with van der Waals surface area (Å²) in [6.45, 7) is 0.0585. The minimum atomic E-state index is -1.09. The molecule has 98 valence electrons. The third-order valence-corrected chi connectivity index (χ3v) is 5.93. The number of amides is 1. The van der Waals surface area contributed by atoms with E-state index in [0.717, 1.165) is 8.26 Å². The zero-order valence-corrected chi connectivity index (χ0v) is 13.0. The van der Waals surface area contributed by atoms with E-state index in [4.69, 9.17) is 5.11 Å². The van der Waals surface area contributed by atoms with Crippen LogP contribution >= 0.6 is 43.2 Å². The number of carboxylic acid groups (broad SMARTS) is 1. The van der Waals surface area contributed by atoms with Gasteiger partial charge in [-0.25, -0.2) is 4.79 Å². The van der Waals surface area contributed by atoms with Gasteiger partial charge in [0.1, 0.15) is 6.04 Å². The van der Waals surface area contributed by atoms with Gasteiger partial charge in [0.15, 0.2) is 0 Å². The lowest BCUT2D eigenvalue weighted by atomic mass is 10.2. The first-order valence-corrected chi connectivity index (χ1v) is 7.47. The molecular weight excluding hydrogens is 390 g/mol. The van der Waals surface area contributed by atoms with Crippen LogP contribution in [0.15, 0.2) is 14.3 Å². The molecule has 2 N–H and O–H groups in total. The number of aliphatic hydroxyl groups is 1. The summed E-state index contributed by atoms with van der Waals surface area (Å²) in [4.78, 5) is 24.9. The highest BCUT2D eigenvalue weighted by atomic mass is 79.9. The van der Waals surface area contributed by atoms with E-state index >= 15 is 0 Å². The average molecular weight is 399 g/mol. The smallest absolute Gasteiger partial charge is 0.326 e. The van der Waals surface area contributed by atoms with E-state index in [1.165, 1.54) is 16.2 Å². The second-order valence-corrected chi connectivity index (χ2v) is 7.16. The van der Waals surface area contributed by atoms with Crippen molar-refractivity contribution < 1.29 is 19.8 Å². The van der Waals surface area contributed by atoms with Crippen molar-refractivity contribution in [1.82, 2.24) is 4.90 Å². The molecule has 1 saturated heterocycles. The average Bonchev–Trinajstić information content (AvgIpc) is 2.82. The second-order valence-electron chi connectivity index (χ2n) is 3.93. The predicted molar refractivity (Wildman–Crippen MR) is 72.8 cm³/mol. The van der Waals surface area contributed by atoms with Gasteiger partial charge in [-0.3, -0.25) is 4.79 Å². The number of halogens is 2. The molecular formula is C10H9Br2NO4S. The first-order valence-electron chi connectivity index (χ1n) is 5.07. The van der Waals surface area contributed by atoms with Gasteiger partial charge < -0.3 is 15.1 Å². The molecule has 1 amide bonds.